The van der Waals surface area contributed by atoms with Gasteiger partial charge in [0.25, 0.3) is 5.69 Å². The standard InChI is InChI=1S/C15H16N2O3/c1-16(10-12-5-3-2-4-6-12)14-7-8-15(17(19)20)13(9-14)11-18/h2-9,18H,10-11H2,1H3. The van der Waals surface area contributed by atoms with Crippen LogP contribution in [0.25, 0.3) is 0 Å². The molecule has 0 heterocycles. The van der Waals surface area contributed by atoms with Gasteiger partial charge in [-0.1, -0.05) is 30.3 Å². The summed E-state index contributed by atoms with van der Waals surface area (Å²) in [6, 6.07) is 14.7. The number of rotatable bonds is 5. The lowest BCUT2D eigenvalue weighted by Crippen LogP contribution is -2.16. The molecule has 1 N–H and O–H groups in total. The van der Waals surface area contributed by atoms with Gasteiger partial charge in [-0.25, -0.2) is 0 Å². The zero-order valence-corrected chi connectivity index (χ0v) is 11.2. The van der Waals surface area contributed by atoms with Gasteiger partial charge >= 0.3 is 0 Å². The van der Waals surface area contributed by atoms with Crippen LogP contribution in [-0.2, 0) is 13.2 Å². The molecule has 0 saturated carbocycles. The van der Waals surface area contributed by atoms with E-state index in [4.69, 9.17) is 0 Å². The maximum Gasteiger partial charge on any atom is 0.275 e. The molecule has 0 saturated heterocycles. The molecule has 104 valence electrons. The van der Waals surface area contributed by atoms with Crippen molar-refractivity contribution in [2.45, 2.75) is 13.2 Å². The van der Waals surface area contributed by atoms with Gasteiger partial charge in [0.05, 0.1) is 17.1 Å². The topological polar surface area (TPSA) is 66.6 Å². The molecule has 0 radical (unpaired) electrons. The van der Waals surface area contributed by atoms with E-state index in [9.17, 15) is 15.2 Å². The first-order valence-electron chi connectivity index (χ1n) is 6.25. The van der Waals surface area contributed by atoms with Crippen LogP contribution >= 0.6 is 0 Å². The van der Waals surface area contributed by atoms with Gasteiger partial charge in [0, 0.05) is 25.3 Å². The number of aliphatic hydroxyl groups excluding tert-OH is 1. The summed E-state index contributed by atoms with van der Waals surface area (Å²) >= 11 is 0. The number of nitro benzene ring substituents is 1. The maximum absolute atomic E-state index is 10.8. The maximum atomic E-state index is 10.8. The van der Waals surface area contributed by atoms with Crippen LogP contribution in [0.3, 0.4) is 0 Å². The second kappa shape index (κ2) is 6.16. The predicted molar refractivity (Wildman–Crippen MR) is 77.6 cm³/mol. The molecular weight excluding hydrogens is 256 g/mol. The summed E-state index contributed by atoms with van der Waals surface area (Å²) in [5.74, 6) is 0. The minimum Gasteiger partial charge on any atom is -0.391 e. The Bertz CT molecular complexity index is 599. The lowest BCUT2D eigenvalue weighted by Gasteiger charge is -2.20. The fourth-order valence-corrected chi connectivity index (χ4v) is 2.06. The molecule has 0 fully saturated rings. The Balaban J connectivity index is 2.22. The second-order valence-corrected chi connectivity index (χ2v) is 4.57. The number of aliphatic hydroxyl groups is 1. The molecule has 5 nitrogen and oxygen atoms in total. The largest absolute Gasteiger partial charge is 0.391 e. The highest BCUT2D eigenvalue weighted by Gasteiger charge is 2.14. The van der Waals surface area contributed by atoms with E-state index in [1.54, 1.807) is 12.1 Å². The number of nitro groups is 1. The van der Waals surface area contributed by atoms with Crippen molar-refractivity contribution >= 4 is 11.4 Å². The molecule has 5 heteroatoms. The molecule has 0 spiro atoms. The van der Waals surface area contributed by atoms with E-state index < -0.39 is 4.92 Å². The minimum absolute atomic E-state index is 0.0515. The molecule has 0 amide bonds. The van der Waals surface area contributed by atoms with E-state index in [1.807, 2.05) is 42.3 Å². The van der Waals surface area contributed by atoms with Gasteiger partial charge in [0.15, 0.2) is 0 Å². The van der Waals surface area contributed by atoms with Gasteiger partial charge < -0.3 is 10.0 Å². The Morgan fingerprint density at radius 1 is 1.20 bits per heavy atom. The Hall–Kier alpha value is -2.40. The lowest BCUT2D eigenvalue weighted by molar-refractivity contribution is -0.385. The van der Waals surface area contributed by atoms with Crippen LogP contribution in [0.15, 0.2) is 48.5 Å². The van der Waals surface area contributed by atoms with Crippen LogP contribution < -0.4 is 4.90 Å². The van der Waals surface area contributed by atoms with Gasteiger partial charge in [-0.05, 0) is 17.7 Å². The van der Waals surface area contributed by atoms with E-state index in [2.05, 4.69) is 0 Å². The van der Waals surface area contributed by atoms with Gasteiger partial charge in [-0.3, -0.25) is 10.1 Å². The third-order valence-corrected chi connectivity index (χ3v) is 3.13. The molecule has 2 aromatic rings. The van der Waals surface area contributed by atoms with Crippen LogP contribution in [0.4, 0.5) is 11.4 Å². The van der Waals surface area contributed by atoms with E-state index in [1.165, 1.54) is 6.07 Å². The summed E-state index contributed by atoms with van der Waals surface area (Å²) in [6.45, 7) is 0.354. The van der Waals surface area contributed by atoms with Gasteiger partial charge in [0.2, 0.25) is 0 Å². The highest BCUT2D eigenvalue weighted by atomic mass is 16.6. The molecule has 0 aliphatic heterocycles. The molecule has 0 aromatic heterocycles. The van der Waals surface area contributed by atoms with Crippen molar-refractivity contribution in [2.75, 3.05) is 11.9 Å². The number of hydrogen-bond donors (Lipinski definition) is 1. The van der Waals surface area contributed by atoms with E-state index in [0.29, 0.717) is 12.1 Å². The Morgan fingerprint density at radius 3 is 2.50 bits per heavy atom. The third kappa shape index (κ3) is 3.13. The molecule has 0 unspecified atom stereocenters. The van der Waals surface area contributed by atoms with Crippen molar-refractivity contribution in [1.29, 1.82) is 0 Å². The van der Waals surface area contributed by atoms with Crippen molar-refractivity contribution < 1.29 is 10.0 Å². The fraction of sp³-hybridized carbons (Fsp3) is 0.200. The summed E-state index contributed by atoms with van der Waals surface area (Å²) in [5.41, 5.74) is 2.26. The monoisotopic (exact) mass is 272 g/mol. The van der Waals surface area contributed by atoms with Crippen molar-refractivity contribution in [3.63, 3.8) is 0 Å². The summed E-state index contributed by atoms with van der Waals surface area (Å²) in [5, 5.41) is 20.1. The zero-order chi connectivity index (χ0) is 14.5. The van der Waals surface area contributed by atoms with E-state index in [0.717, 1.165) is 11.3 Å². The van der Waals surface area contributed by atoms with E-state index >= 15 is 0 Å². The summed E-state index contributed by atoms with van der Waals surface area (Å²) in [7, 11) is 1.91. The first-order chi connectivity index (χ1) is 9.61. The van der Waals surface area contributed by atoms with Crippen LogP contribution in [0.1, 0.15) is 11.1 Å². The second-order valence-electron chi connectivity index (χ2n) is 4.57. The number of nitrogens with zero attached hydrogens (tertiary/aromatic N) is 2. The van der Waals surface area contributed by atoms with Gasteiger partial charge in [-0.2, -0.15) is 0 Å². The molecule has 0 atom stereocenters. The first-order valence-corrected chi connectivity index (χ1v) is 6.25. The third-order valence-electron chi connectivity index (χ3n) is 3.13. The van der Waals surface area contributed by atoms with Crippen LogP contribution in [-0.4, -0.2) is 17.1 Å². The first kappa shape index (κ1) is 14.0. The molecule has 0 aliphatic carbocycles. The molecule has 0 aliphatic rings. The Kier molecular flexibility index (Phi) is 4.32. The van der Waals surface area contributed by atoms with E-state index in [-0.39, 0.29) is 12.3 Å². The molecule has 2 rings (SSSR count). The van der Waals surface area contributed by atoms with Crippen LogP contribution in [0.2, 0.25) is 0 Å². The SMILES string of the molecule is CN(Cc1ccccc1)c1ccc([N+](=O)[O-])c(CO)c1. The number of hydrogen-bond acceptors (Lipinski definition) is 4. The lowest BCUT2D eigenvalue weighted by atomic mass is 10.1. The van der Waals surface area contributed by atoms with Gasteiger partial charge in [0.1, 0.15) is 0 Å². The van der Waals surface area contributed by atoms with Crippen molar-refractivity contribution in [1.82, 2.24) is 0 Å². The highest BCUT2D eigenvalue weighted by molar-refractivity contribution is 5.55. The Labute approximate surface area is 117 Å². The fourth-order valence-electron chi connectivity index (χ4n) is 2.06. The average molecular weight is 272 g/mol. The normalized spacial score (nSPS) is 10.3. The zero-order valence-electron chi connectivity index (χ0n) is 11.2. The molecule has 0 bridgehead atoms. The van der Waals surface area contributed by atoms with Crippen LogP contribution in [0.5, 0.6) is 0 Å². The van der Waals surface area contributed by atoms with Crippen molar-refractivity contribution in [3.05, 3.63) is 69.8 Å². The summed E-state index contributed by atoms with van der Waals surface area (Å²) in [6.07, 6.45) is 0. The molecular formula is C15H16N2O3. The summed E-state index contributed by atoms with van der Waals surface area (Å²) in [4.78, 5) is 12.3. The quantitative estimate of drug-likeness (QED) is 0.671. The number of benzene rings is 2. The highest BCUT2D eigenvalue weighted by Crippen LogP contribution is 2.25. The van der Waals surface area contributed by atoms with Gasteiger partial charge in [-0.15, -0.1) is 0 Å². The van der Waals surface area contributed by atoms with Crippen molar-refractivity contribution in [2.24, 2.45) is 0 Å². The number of anilines is 1. The molecule has 2 aromatic carbocycles. The Morgan fingerprint density at radius 2 is 1.90 bits per heavy atom. The minimum atomic E-state index is -0.480. The van der Waals surface area contributed by atoms with Crippen molar-refractivity contribution in [3.8, 4) is 0 Å². The average Bonchev–Trinajstić information content (AvgIpc) is 2.47. The molecule has 20 heavy (non-hydrogen) atoms. The smallest absolute Gasteiger partial charge is 0.275 e. The summed E-state index contributed by atoms with van der Waals surface area (Å²) < 4.78 is 0. The van der Waals surface area contributed by atoms with Crippen LogP contribution in [0, 0.1) is 10.1 Å². The predicted octanol–water partition coefficient (Wildman–Crippen LogP) is 2.72.